The van der Waals surface area contributed by atoms with Crippen LogP contribution in [0.25, 0.3) is 17.2 Å². The summed E-state index contributed by atoms with van der Waals surface area (Å²) < 4.78 is 18.8. The Kier molecular flexibility index (Phi) is 4.82. The average molecular weight is 392 g/mol. The predicted octanol–water partition coefficient (Wildman–Crippen LogP) is 5.16. The Hall–Kier alpha value is -2.69. The van der Waals surface area contributed by atoms with Crippen molar-refractivity contribution in [1.82, 2.24) is 9.88 Å². The van der Waals surface area contributed by atoms with Crippen LogP contribution < -0.4 is 0 Å². The number of pyridine rings is 1. The smallest absolute Gasteiger partial charge is 0.410 e. The third kappa shape index (κ3) is 3.54. The van der Waals surface area contributed by atoms with Crippen molar-refractivity contribution in [3.63, 3.8) is 0 Å². The predicted molar refractivity (Wildman–Crippen MR) is 109 cm³/mol. The highest BCUT2D eigenvalue weighted by Gasteiger charge is 2.48. The van der Waals surface area contributed by atoms with E-state index in [4.69, 9.17) is 4.74 Å². The molecule has 5 rings (SSSR count). The molecule has 5 heteroatoms. The normalized spacial score (nSPS) is 28.9. The molecule has 1 saturated carbocycles. The van der Waals surface area contributed by atoms with Crippen molar-refractivity contribution < 1.29 is 13.9 Å². The number of cyclic esters (lactones) is 1. The molecule has 1 aromatic carbocycles. The van der Waals surface area contributed by atoms with Crippen molar-refractivity contribution in [2.75, 3.05) is 13.2 Å². The van der Waals surface area contributed by atoms with E-state index in [1.165, 1.54) is 37.8 Å². The largest absolute Gasteiger partial charge is 0.447 e. The maximum Gasteiger partial charge on any atom is 0.410 e. The summed E-state index contributed by atoms with van der Waals surface area (Å²) in [7, 11) is 0. The number of piperidine rings is 1. The summed E-state index contributed by atoms with van der Waals surface area (Å²) in [6.07, 6.45) is 10.9. The molecule has 1 aromatic heterocycles. The number of rotatable bonds is 3. The van der Waals surface area contributed by atoms with Gasteiger partial charge < -0.3 is 9.64 Å². The van der Waals surface area contributed by atoms with Crippen LogP contribution in [0.3, 0.4) is 0 Å². The molecule has 3 aliphatic rings. The van der Waals surface area contributed by atoms with Gasteiger partial charge >= 0.3 is 6.09 Å². The highest BCUT2D eigenvalue weighted by molar-refractivity contribution is 5.70. The van der Waals surface area contributed by atoms with Gasteiger partial charge in [0.15, 0.2) is 0 Å². The number of amides is 1. The third-order valence-electron chi connectivity index (χ3n) is 6.78. The first-order chi connectivity index (χ1) is 14.2. The number of fused-ring (bicyclic) bond motifs is 2. The first-order valence-electron chi connectivity index (χ1n) is 10.5. The number of nitrogens with zero attached hydrogens (tertiary/aromatic N) is 2. The summed E-state index contributed by atoms with van der Waals surface area (Å²) in [6.45, 7) is 1.34. The standard InChI is InChI=1S/C24H25FN2O2/c25-19-6-3-5-16(12-19)17-8-9-20(26-13-17)10-11-22-21-7-2-1-4-18(21)14-27-23(22)15-29-24(27)28/h3,5-6,8-13,18,21-23H,1-2,4,7,14-15H2/b11-10+. The minimum absolute atomic E-state index is 0.143. The van der Waals surface area contributed by atoms with E-state index >= 15 is 0 Å². The van der Waals surface area contributed by atoms with Crippen LogP contribution >= 0.6 is 0 Å². The van der Waals surface area contributed by atoms with E-state index in [0.717, 1.165) is 23.4 Å². The molecule has 3 heterocycles. The van der Waals surface area contributed by atoms with Crippen molar-refractivity contribution in [2.45, 2.75) is 31.7 Å². The number of halogens is 1. The zero-order valence-electron chi connectivity index (χ0n) is 16.3. The molecule has 29 heavy (non-hydrogen) atoms. The van der Waals surface area contributed by atoms with Crippen LogP contribution in [-0.2, 0) is 4.74 Å². The molecule has 1 amide bonds. The van der Waals surface area contributed by atoms with Gasteiger partial charge in [0.2, 0.25) is 0 Å². The molecule has 2 aromatic rings. The molecular weight excluding hydrogens is 367 g/mol. The van der Waals surface area contributed by atoms with Gasteiger partial charge in [0, 0.05) is 24.2 Å². The van der Waals surface area contributed by atoms with Crippen molar-refractivity contribution in [3.05, 3.63) is 60.2 Å². The second-order valence-corrected chi connectivity index (χ2v) is 8.42. The van der Waals surface area contributed by atoms with E-state index in [-0.39, 0.29) is 18.0 Å². The lowest BCUT2D eigenvalue weighted by atomic mass is 9.67. The molecule has 3 fully saturated rings. The Bertz CT molecular complexity index is 927. The van der Waals surface area contributed by atoms with E-state index in [2.05, 4.69) is 17.1 Å². The summed E-state index contributed by atoms with van der Waals surface area (Å²) >= 11 is 0. The Morgan fingerprint density at radius 2 is 2.03 bits per heavy atom. The molecule has 1 aliphatic carbocycles. The van der Waals surface area contributed by atoms with Gasteiger partial charge in [-0.3, -0.25) is 4.98 Å². The minimum atomic E-state index is -0.247. The summed E-state index contributed by atoms with van der Waals surface area (Å²) in [5, 5.41) is 0. The minimum Gasteiger partial charge on any atom is -0.447 e. The van der Waals surface area contributed by atoms with Crippen LogP contribution in [0.1, 0.15) is 31.4 Å². The third-order valence-corrected chi connectivity index (χ3v) is 6.78. The molecule has 4 nitrogen and oxygen atoms in total. The van der Waals surface area contributed by atoms with Crippen molar-refractivity contribution >= 4 is 12.2 Å². The second kappa shape index (κ2) is 7.62. The summed E-state index contributed by atoms with van der Waals surface area (Å²) in [5.74, 6) is 1.25. The van der Waals surface area contributed by atoms with Crippen molar-refractivity contribution in [2.24, 2.45) is 17.8 Å². The zero-order valence-corrected chi connectivity index (χ0v) is 16.3. The Morgan fingerprint density at radius 3 is 2.86 bits per heavy atom. The fraction of sp³-hybridized carbons (Fsp3) is 0.417. The van der Waals surface area contributed by atoms with Crippen LogP contribution in [0, 0.1) is 23.6 Å². The van der Waals surface area contributed by atoms with Crippen molar-refractivity contribution in [3.8, 4) is 11.1 Å². The number of carbonyl (C=O) groups is 1. The van der Waals surface area contributed by atoms with Crippen LogP contribution in [0.2, 0.25) is 0 Å². The quantitative estimate of drug-likeness (QED) is 0.725. The first kappa shape index (κ1) is 18.3. The van der Waals surface area contributed by atoms with Gasteiger partial charge in [0.25, 0.3) is 0 Å². The van der Waals surface area contributed by atoms with Gasteiger partial charge in [-0.05, 0) is 54.5 Å². The Morgan fingerprint density at radius 1 is 1.14 bits per heavy atom. The van der Waals surface area contributed by atoms with Crippen LogP contribution in [0.5, 0.6) is 0 Å². The van der Waals surface area contributed by atoms with Gasteiger partial charge in [0.05, 0.1) is 11.7 Å². The maximum absolute atomic E-state index is 13.5. The number of ether oxygens (including phenoxy) is 1. The molecule has 150 valence electrons. The Labute approximate surface area is 170 Å². The van der Waals surface area contributed by atoms with Crippen LogP contribution in [0.15, 0.2) is 48.7 Å². The number of hydrogen-bond donors (Lipinski definition) is 0. The zero-order chi connectivity index (χ0) is 19.8. The summed E-state index contributed by atoms with van der Waals surface area (Å²) in [4.78, 5) is 18.6. The number of hydrogen-bond acceptors (Lipinski definition) is 3. The molecule has 0 N–H and O–H groups in total. The summed E-state index contributed by atoms with van der Waals surface area (Å²) in [5.41, 5.74) is 2.59. The molecular formula is C24H25FN2O2. The maximum atomic E-state index is 13.5. The number of aromatic nitrogens is 1. The molecule has 2 aliphatic heterocycles. The molecule has 2 saturated heterocycles. The molecule has 0 radical (unpaired) electrons. The molecule has 4 atom stereocenters. The Balaban J connectivity index is 1.37. The average Bonchev–Trinajstić information content (AvgIpc) is 3.12. The lowest BCUT2D eigenvalue weighted by molar-refractivity contribution is 0.0472. The van der Waals surface area contributed by atoms with E-state index in [1.54, 1.807) is 12.3 Å². The lowest BCUT2D eigenvalue weighted by Gasteiger charge is -2.46. The van der Waals surface area contributed by atoms with Crippen molar-refractivity contribution in [1.29, 1.82) is 0 Å². The van der Waals surface area contributed by atoms with Gasteiger partial charge in [-0.25, -0.2) is 9.18 Å². The molecule has 4 unspecified atom stereocenters. The van der Waals surface area contributed by atoms with Crippen LogP contribution in [-0.4, -0.2) is 35.2 Å². The number of carbonyl (C=O) groups excluding carboxylic acids is 1. The SMILES string of the molecule is O=C1OCC2C(/C=C/c3ccc(-c4cccc(F)c4)cn3)C3CCCCC3CN12. The van der Waals surface area contributed by atoms with Gasteiger partial charge in [0.1, 0.15) is 12.4 Å². The van der Waals surface area contributed by atoms with E-state index in [0.29, 0.717) is 24.4 Å². The van der Waals surface area contributed by atoms with Gasteiger partial charge in [-0.15, -0.1) is 0 Å². The topological polar surface area (TPSA) is 42.4 Å². The van der Waals surface area contributed by atoms with E-state index < -0.39 is 0 Å². The van der Waals surface area contributed by atoms with Gasteiger partial charge in [-0.2, -0.15) is 0 Å². The number of benzene rings is 1. The highest BCUT2D eigenvalue weighted by atomic mass is 19.1. The molecule has 0 spiro atoms. The van der Waals surface area contributed by atoms with E-state index in [1.807, 2.05) is 23.1 Å². The fourth-order valence-electron chi connectivity index (χ4n) is 5.32. The highest BCUT2D eigenvalue weighted by Crippen LogP contribution is 2.44. The fourth-order valence-corrected chi connectivity index (χ4v) is 5.32. The monoisotopic (exact) mass is 392 g/mol. The van der Waals surface area contributed by atoms with Crippen LogP contribution in [0.4, 0.5) is 9.18 Å². The second-order valence-electron chi connectivity index (χ2n) is 8.42. The van der Waals surface area contributed by atoms with E-state index in [9.17, 15) is 9.18 Å². The van der Waals surface area contributed by atoms with Gasteiger partial charge in [-0.1, -0.05) is 37.1 Å². The lowest BCUT2D eigenvalue weighted by Crippen LogP contribution is -2.52. The molecule has 0 bridgehead atoms. The first-order valence-corrected chi connectivity index (χ1v) is 10.5. The summed E-state index contributed by atoms with van der Waals surface area (Å²) in [6, 6.07) is 10.6.